The average Bonchev–Trinajstić information content (AvgIpc) is 2.50. The van der Waals surface area contributed by atoms with Crippen molar-refractivity contribution in [1.82, 2.24) is 0 Å². The number of ether oxygens (including phenoxy) is 1. The summed E-state index contributed by atoms with van der Waals surface area (Å²) in [6.45, 7) is 0.337. The van der Waals surface area contributed by atoms with E-state index in [4.69, 9.17) is 14.8 Å². The third kappa shape index (κ3) is 2.48. The largest absolute Gasteiger partial charge is 0.504 e. The summed E-state index contributed by atoms with van der Waals surface area (Å²) in [5.74, 6) is 0.660. The maximum absolute atomic E-state index is 9.88. The summed E-state index contributed by atoms with van der Waals surface area (Å²) in [6, 6.07) is 11.5. The van der Waals surface area contributed by atoms with Crippen LogP contribution in [0.4, 0.5) is 5.69 Å². The van der Waals surface area contributed by atoms with Crippen molar-refractivity contribution in [3.8, 4) is 23.3 Å². The Bertz CT molecular complexity index is 724. The maximum atomic E-state index is 9.88. The summed E-state index contributed by atoms with van der Waals surface area (Å²) in [6.07, 6.45) is 0.583. The molecular weight excluding hydrogens is 272 g/mol. The molecule has 0 aromatic heterocycles. The number of hydrogen-bond donors (Lipinski definition) is 2. The third-order valence-electron chi connectivity index (χ3n) is 3.19. The Kier molecular flexibility index (Phi) is 3.36. The van der Waals surface area contributed by atoms with Gasteiger partial charge in [-0.1, -0.05) is 6.07 Å². The Labute approximate surface area is 120 Å². The van der Waals surface area contributed by atoms with Crippen LogP contribution in [0.1, 0.15) is 11.1 Å². The van der Waals surface area contributed by atoms with E-state index in [2.05, 4.69) is 0 Å². The maximum Gasteiger partial charge on any atom is 0.169 e. The smallest absolute Gasteiger partial charge is 0.169 e. The number of nitriles is 1. The lowest BCUT2D eigenvalue weighted by molar-refractivity contribution is -0.0476. The zero-order valence-electron chi connectivity index (χ0n) is 11.0. The van der Waals surface area contributed by atoms with Crippen molar-refractivity contribution >= 4 is 5.69 Å². The molecule has 6 heteroatoms. The Morgan fingerprint density at radius 1 is 1.24 bits per heavy atom. The Balaban J connectivity index is 1.96. The highest BCUT2D eigenvalue weighted by Gasteiger charge is 2.20. The SMILES string of the molecule is N#Cc1ccc(Oc2cccc3c2CCON3O)c(O)c1. The van der Waals surface area contributed by atoms with Gasteiger partial charge in [-0.25, -0.2) is 4.84 Å². The minimum atomic E-state index is -0.112. The van der Waals surface area contributed by atoms with Crippen LogP contribution in [0.2, 0.25) is 0 Å². The van der Waals surface area contributed by atoms with E-state index in [0.717, 1.165) is 5.56 Å². The van der Waals surface area contributed by atoms with Crippen molar-refractivity contribution in [3.63, 3.8) is 0 Å². The molecule has 0 bridgehead atoms. The third-order valence-corrected chi connectivity index (χ3v) is 3.19. The van der Waals surface area contributed by atoms with Gasteiger partial charge in [0.05, 0.1) is 18.2 Å². The van der Waals surface area contributed by atoms with Gasteiger partial charge in [-0.15, -0.1) is 5.23 Å². The van der Waals surface area contributed by atoms with Crippen LogP contribution in [0.3, 0.4) is 0 Å². The number of nitrogens with zero attached hydrogens (tertiary/aromatic N) is 2. The van der Waals surface area contributed by atoms with Gasteiger partial charge in [0.15, 0.2) is 11.5 Å². The van der Waals surface area contributed by atoms with Crippen LogP contribution >= 0.6 is 0 Å². The van der Waals surface area contributed by atoms with Crippen molar-refractivity contribution in [3.05, 3.63) is 47.5 Å². The molecule has 0 radical (unpaired) electrons. The molecule has 1 heterocycles. The number of fused-ring (bicyclic) bond motifs is 1. The van der Waals surface area contributed by atoms with Crippen LogP contribution < -0.4 is 9.96 Å². The summed E-state index contributed by atoms with van der Waals surface area (Å²) >= 11 is 0. The topological polar surface area (TPSA) is 86.0 Å². The minimum absolute atomic E-state index is 0.112. The van der Waals surface area contributed by atoms with Gasteiger partial charge in [-0.05, 0) is 24.3 Å². The fourth-order valence-corrected chi connectivity index (χ4v) is 2.18. The number of rotatable bonds is 2. The van der Waals surface area contributed by atoms with Gasteiger partial charge in [-0.3, -0.25) is 5.21 Å². The van der Waals surface area contributed by atoms with Gasteiger partial charge >= 0.3 is 0 Å². The number of hydrogen-bond acceptors (Lipinski definition) is 6. The van der Waals surface area contributed by atoms with E-state index in [9.17, 15) is 10.3 Å². The van der Waals surface area contributed by atoms with E-state index in [-0.39, 0.29) is 11.5 Å². The van der Waals surface area contributed by atoms with E-state index in [1.165, 1.54) is 12.1 Å². The fraction of sp³-hybridized carbons (Fsp3) is 0.133. The Morgan fingerprint density at radius 2 is 2.10 bits per heavy atom. The first-order valence-electron chi connectivity index (χ1n) is 6.34. The summed E-state index contributed by atoms with van der Waals surface area (Å²) in [5.41, 5.74) is 1.65. The first kappa shape index (κ1) is 13.2. The summed E-state index contributed by atoms with van der Waals surface area (Å²) in [5, 5.41) is 29.0. The van der Waals surface area contributed by atoms with E-state index >= 15 is 0 Å². The summed E-state index contributed by atoms with van der Waals surface area (Å²) in [7, 11) is 0. The molecule has 0 fully saturated rings. The first-order valence-corrected chi connectivity index (χ1v) is 6.34. The van der Waals surface area contributed by atoms with E-state index in [1.54, 1.807) is 24.3 Å². The van der Waals surface area contributed by atoms with Crippen molar-refractivity contribution < 1.29 is 19.9 Å². The highest BCUT2D eigenvalue weighted by atomic mass is 16.9. The van der Waals surface area contributed by atoms with Gasteiger partial charge in [0.2, 0.25) is 0 Å². The van der Waals surface area contributed by atoms with Crippen molar-refractivity contribution in [1.29, 1.82) is 5.26 Å². The number of phenolic OH excluding ortho intramolecular Hbond substituents is 1. The molecule has 0 saturated heterocycles. The molecule has 0 amide bonds. The lowest BCUT2D eigenvalue weighted by Crippen LogP contribution is -2.26. The first-order chi connectivity index (χ1) is 10.2. The molecule has 0 saturated carbocycles. The van der Waals surface area contributed by atoms with Gasteiger partial charge in [-0.2, -0.15) is 5.26 Å². The number of benzene rings is 2. The van der Waals surface area contributed by atoms with Crippen LogP contribution in [-0.2, 0) is 11.3 Å². The van der Waals surface area contributed by atoms with Crippen LogP contribution in [0.25, 0.3) is 0 Å². The van der Waals surface area contributed by atoms with Crippen LogP contribution in [-0.4, -0.2) is 16.9 Å². The molecule has 6 nitrogen and oxygen atoms in total. The second-order valence-electron chi connectivity index (χ2n) is 4.51. The molecule has 0 unspecified atom stereocenters. The quantitative estimate of drug-likeness (QED) is 0.881. The van der Waals surface area contributed by atoms with Gasteiger partial charge in [0.25, 0.3) is 0 Å². The van der Waals surface area contributed by atoms with Crippen molar-refractivity contribution in [2.75, 3.05) is 11.8 Å². The number of phenols is 1. The predicted molar refractivity (Wildman–Crippen MR) is 73.3 cm³/mol. The normalized spacial score (nSPS) is 13.4. The van der Waals surface area contributed by atoms with Crippen LogP contribution in [0.15, 0.2) is 36.4 Å². The second-order valence-corrected chi connectivity index (χ2v) is 4.51. The molecule has 2 aromatic rings. The molecule has 3 rings (SSSR count). The molecular formula is C15H12N2O4. The molecule has 0 spiro atoms. The minimum Gasteiger partial charge on any atom is -0.504 e. The monoisotopic (exact) mass is 284 g/mol. The summed E-state index contributed by atoms with van der Waals surface area (Å²) in [4.78, 5) is 5.01. The number of aromatic hydroxyl groups is 1. The highest BCUT2D eigenvalue weighted by Crippen LogP contribution is 2.37. The van der Waals surface area contributed by atoms with E-state index < -0.39 is 0 Å². The molecule has 0 aliphatic carbocycles. The van der Waals surface area contributed by atoms with Gasteiger partial charge in [0, 0.05) is 18.1 Å². The van der Waals surface area contributed by atoms with Crippen molar-refractivity contribution in [2.24, 2.45) is 0 Å². The van der Waals surface area contributed by atoms with Crippen LogP contribution in [0.5, 0.6) is 17.2 Å². The van der Waals surface area contributed by atoms with Crippen LogP contribution in [0, 0.1) is 11.3 Å². The predicted octanol–water partition coefficient (Wildman–Crippen LogP) is 2.74. The molecule has 1 aliphatic heterocycles. The molecule has 0 atom stereocenters. The van der Waals surface area contributed by atoms with E-state index in [0.29, 0.717) is 35.3 Å². The standard InChI is InChI=1S/C15H12N2O4/c16-9-10-4-5-15(13(18)8-10)21-14-3-1-2-12-11(14)6-7-20-17(12)19/h1-5,8,18-19H,6-7H2. The van der Waals surface area contributed by atoms with Crippen molar-refractivity contribution in [2.45, 2.75) is 6.42 Å². The van der Waals surface area contributed by atoms with E-state index in [1.807, 2.05) is 6.07 Å². The molecule has 1 aliphatic rings. The lowest BCUT2D eigenvalue weighted by atomic mass is 10.1. The zero-order chi connectivity index (χ0) is 14.8. The highest BCUT2D eigenvalue weighted by molar-refractivity contribution is 5.59. The molecule has 21 heavy (non-hydrogen) atoms. The second kappa shape index (κ2) is 5.32. The molecule has 2 N–H and O–H groups in total. The number of anilines is 1. The fourth-order valence-electron chi connectivity index (χ4n) is 2.18. The lowest BCUT2D eigenvalue weighted by Gasteiger charge is -2.25. The Hall–Kier alpha value is -2.75. The van der Waals surface area contributed by atoms with Gasteiger partial charge < -0.3 is 9.84 Å². The Morgan fingerprint density at radius 3 is 2.86 bits per heavy atom. The zero-order valence-corrected chi connectivity index (χ0v) is 11.0. The molecule has 2 aromatic carbocycles. The average molecular weight is 284 g/mol. The van der Waals surface area contributed by atoms with Gasteiger partial charge in [0.1, 0.15) is 11.4 Å². The molecule has 106 valence electrons. The summed E-state index contributed by atoms with van der Waals surface area (Å²) < 4.78 is 5.70.